The Hall–Kier alpha value is -0.920. The third-order valence-corrected chi connectivity index (χ3v) is 4.33. The minimum absolute atomic E-state index is 0.0732. The van der Waals surface area contributed by atoms with Crippen LogP contribution in [-0.2, 0) is 11.2 Å². The summed E-state index contributed by atoms with van der Waals surface area (Å²) < 4.78 is 5.81. The molecule has 0 saturated carbocycles. The van der Waals surface area contributed by atoms with Gasteiger partial charge in [0.2, 0.25) is 6.29 Å². The number of benzene rings is 1. The van der Waals surface area contributed by atoms with Crippen molar-refractivity contribution in [1.29, 1.82) is 0 Å². The van der Waals surface area contributed by atoms with Crippen molar-refractivity contribution in [3.8, 4) is 0 Å². The highest BCUT2D eigenvalue weighted by Gasteiger charge is 2.29. The van der Waals surface area contributed by atoms with E-state index in [0.29, 0.717) is 17.5 Å². The molecule has 1 aliphatic rings. The van der Waals surface area contributed by atoms with Gasteiger partial charge < -0.3 is 15.6 Å². The number of hydrogen-bond donors (Lipinski definition) is 2. The van der Waals surface area contributed by atoms with Gasteiger partial charge in [-0.25, -0.2) is 4.79 Å². The number of halogens is 1. The first kappa shape index (κ1) is 13.5. The maximum Gasteiger partial charge on any atom is 0.341 e. The van der Waals surface area contributed by atoms with Crippen molar-refractivity contribution in [3.63, 3.8) is 0 Å². The second kappa shape index (κ2) is 5.38. The smallest absolute Gasteiger partial charge is 0.341 e. The van der Waals surface area contributed by atoms with Gasteiger partial charge in [-0.2, -0.15) is 0 Å². The lowest BCUT2D eigenvalue weighted by molar-refractivity contribution is -0.0547. The molecule has 1 unspecified atom stereocenters. The van der Waals surface area contributed by atoms with Crippen LogP contribution < -0.4 is 5.73 Å². The molecule has 3 N–H and O–H groups in total. The molecule has 0 amide bonds. The predicted octanol–water partition coefficient (Wildman–Crippen LogP) is 2.06. The number of fused-ring (bicyclic) bond motifs is 1. The van der Waals surface area contributed by atoms with Crippen LogP contribution in [0, 0.1) is 0 Å². The molecule has 0 fully saturated rings. The average Bonchev–Trinajstić information content (AvgIpc) is 2.63. The number of aliphatic hydroxyl groups excluding tert-OH is 1. The molecule has 1 heterocycles. The molecule has 1 aliphatic heterocycles. The van der Waals surface area contributed by atoms with E-state index < -0.39 is 12.3 Å². The van der Waals surface area contributed by atoms with Crippen molar-refractivity contribution in [2.75, 3.05) is 0 Å². The van der Waals surface area contributed by atoms with E-state index in [1.807, 2.05) is 19.1 Å². The van der Waals surface area contributed by atoms with Crippen LogP contribution in [0.15, 0.2) is 27.9 Å². The van der Waals surface area contributed by atoms with Crippen LogP contribution in [-0.4, -0.2) is 17.1 Å². The molecule has 0 aromatic heterocycles. The highest BCUT2D eigenvalue weighted by Crippen LogP contribution is 2.29. The summed E-state index contributed by atoms with van der Waals surface area (Å²) in [5.74, 6) is -0.478. The Morgan fingerprint density at radius 3 is 3.06 bits per heavy atom. The molecular weight excluding hydrogens is 345 g/mol. The number of carbonyl (C=O) groups excluding carboxylic acids is 1. The number of hydrogen-bond acceptors (Lipinski definition) is 4. The molecule has 2 atom stereocenters. The number of cyclic esters (lactones) is 1. The zero-order valence-electron chi connectivity index (χ0n) is 9.89. The monoisotopic (exact) mass is 359 g/mol. The quantitative estimate of drug-likeness (QED) is 0.640. The molecule has 0 bridgehead atoms. The van der Waals surface area contributed by atoms with Crippen molar-refractivity contribution >= 4 is 28.6 Å². The minimum Gasteiger partial charge on any atom is -0.428 e. The molecule has 0 aliphatic carbocycles. The lowest BCUT2D eigenvalue weighted by Crippen LogP contribution is -2.22. The summed E-state index contributed by atoms with van der Waals surface area (Å²) in [6.45, 7) is 1.94. The van der Waals surface area contributed by atoms with E-state index in [1.165, 1.54) is 0 Å². The summed E-state index contributed by atoms with van der Waals surface area (Å²) >= 11 is 2.21. The lowest BCUT2D eigenvalue weighted by Gasteiger charge is -2.11. The van der Waals surface area contributed by atoms with E-state index in [-0.39, 0.29) is 6.04 Å². The van der Waals surface area contributed by atoms with Gasteiger partial charge in [-0.3, -0.25) is 0 Å². The summed E-state index contributed by atoms with van der Waals surface area (Å²) in [5.41, 5.74) is 7.95. The average molecular weight is 359 g/mol. The van der Waals surface area contributed by atoms with E-state index in [2.05, 4.69) is 22.6 Å². The Labute approximate surface area is 119 Å². The second-order valence-corrected chi connectivity index (χ2v) is 5.41. The van der Waals surface area contributed by atoms with Crippen molar-refractivity contribution in [3.05, 3.63) is 44.5 Å². The predicted molar refractivity (Wildman–Crippen MR) is 76.3 cm³/mol. The zero-order chi connectivity index (χ0) is 13.3. The largest absolute Gasteiger partial charge is 0.428 e. The normalized spacial score (nSPS) is 20.6. The number of ether oxygens (including phenoxy) is 1. The maximum atomic E-state index is 11.5. The van der Waals surface area contributed by atoms with Gasteiger partial charge >= 0.3 is 5.97 Å². The summed E-state index contributed by atoms with van der Waals surface area (Å²) in [4.78, 5) is 11.5. The first-order valence-electron chi connectivity index (χ1n) is 5.62. The van der Waals surface area contributed by atoms with Crippen LogP contribution in [0.2, 0.25) is 0 Å². The van der Waals surface area contributed by atoms with E-state index in [4.69, 9.17) is 10.5 Å². The fourth-order valence-electron chi connectivity index (χ4n) is 1.92. The molecule has 1 aromatic carbocycles. The van der Waals surface area contributed by atoms with E-state index in [0.717, 1.165) is 9.14 Å². The van der Waals surface area contributed by atoms with Crippen LogP contribution >= 0.6 is 22.6 Å². The van der Waals surface area contributed by atoms with Crippen LogP contribution in [0.25, 0.3) is 0 Å². The summed E-state index contributed by atoms with van der Waals surface area (Å²) in [5, 5.41) is 9.47. The zero-order valence-corrected chi connectivity index (χ0v) is 12.0. The molecule has 96 valence electrons. The fourth-order valence-corrected chi connectivity index (χ4v) is 2.14. The van der Waals surface area contributed by atoms with E-state index >= 15 is 0 Å². The van der Waals surface area contributed by atoms with Crippen LogP contribution in [0.5, 0.6) is 0 Å². The summed E-state index contributed by atoms with van der Waals surface area (Å²) in [6.07, 6.45) is 1.49. The number of esters is 1. The standard InChI is InChI=1S/C13H14INO3/c1-2-10(14)11(15)6-7-3-4-8-9(5-7)13(17)18-12(8)16/h2-5,11-12,16H,6,15H2,1H3/t11-,12?/m0/s1. The van der Waals surface area contributed by atoms with Gasteiger partial charge in [0.1, 0.15) is 0 Å². The van der Waals surface area contributed by atoms with Crippen molar-refractivity contribution in [2.24, 2.45) is 5.73 Å². The molecule has 18 heavy (non-hydrogen) atoms. The topological polar surface area (TPSA) is 72.6 Å². The number of rotatable bonds is 3. The highest BCUT2D eigenvalue weighted by atomic mass is 127. The van der Waals surface area contributed by atoms with Crippen LogP contribution in [0.1, 0.15) is 34.7 Å². The first-order valence-corrected chi connectivity index (χ1v) is 6.70. The van der Waals surface area contributed by atoms with Crippen LogP contribution in [0.4, 0.5) is 0 Å². The van der Waals surface area contributed by atoms with Crippen LogP contribution in [0.3, 0.4) is 0 Å². The van der Waals surface area contributed by atoms with Gasteiger partial charge in [0.05, 0.1) is 5.56 Å². The Bertz CT molecular complexity index is 513. The third-order valence-electron chi connectivity index (χ3n) is 2.91. The Kier molecular flexibility index (Phi) is 4.04. The van der Waals surface area contributed by atoms with Gasteiger partial charge in [0.15, 0.2) is 0 Å². The maximum absolute atomic E-state index is 11.5. The summed E-state index contributed by atoms with van der Waals surface area (Å²) in [7, 11) is 0. The fraction of sp³-hybridized carbons (Fsp3) is 0.308. The number of aliphatic hydroxyl groups is 1. The summed E-state index contributed by atoms with van der Waals surface area (Å²) in [6, 6.07) is 5.25. The van der Waals surface area contributed by atoms with Gasteiger partial charge in [0, 0.05) is 15.2 Å². The molecule has 4 nitrogen and oxygen atoms in total. The number of nitrogens with two attached hydrogens (primary N) is 1. The Balaban J connectivity index is 2.23. The van der Waals surface area contributed by atoms with Gasteiger partial charge in [-0.05, 0) is 47.6 Å². The lowest BCUT2D eigenvalue weighted by atomic mass is 10.0. The molecule has 0 saturated heterocycles. The second-order valence-electron chi connectivity index (χ2n) is 4.16. The Morgan fingerprint density at radius 1 is 1.67 bits per heavy atom. The van der Waals surface area contributed by atoms with Crippen molar-refractivity contribution in [2.45, 2.75) is 25.7 Å². The minimum atomic E-state index is -1.13. The van der Waals surface area contributed by atoms with Gasteiger partial charge in [-0.15, -0.1) is 0 Å². The highest BCUT2D eigenvalue weighted by molar-refractivity contribution is 14.1. The number of allylic oxidation sites excluding steroid dienone is 1. The molecule has 5 heteroatoms. The van der Waals surface area contributed by atoms with Gasteiger partial charge in [0.25, 0.3) is 0 Å². The van der Waals surface area contributed by atoms with Crippen molar-refractivity contribution < 1.29 is 14.6 Å². The van der Waals surface area contributed by atoms with Gasteiger partial charge in [-0.1, -0.05) is 18.2 Å². The SMILES string of the molecule is CC=C(I)[C@@H](N)Cc1ccc2c(c1)C(=O)OC2O. The molecule has 2 rings (SSSR count). The Morgan fingerprint density at radius 2 is 2.39 bits per heavy atom. The molecule has 0 radical (unpaired) electrons. The molecular formula is C13H14INO3. The first-order chi connectivity index (χ1) is 8.52. The van der Waals surface area contributed by atoms with Crippen molar-refractivity contribution in [1.82, 2.24) is 0 Å². The van der Waals surface area contributed by atoms with E-state index in [1.54, 1.807) is 12.1 Å². The molecule has 0 spiro atoms. The number of carbonyl (C=O) groups is 1. The van der Waals surface area contributed by atoms with E-state index in [9.17, 15) is 9.90 Å². The third kappa shape index (κ3) is 2.57. The molecule has 1 aromatic rings.